The Morgan fingerprint density at radius 1 is 1.15 bits per heavy atom. The Hall–Kier alpha value is -2.67. The molecule has 0 bridgehead atoms. The third-order valence-electron chi connectivity index (χ3n) is 7.76. The number of amides is 2. The van der Waals surface area contributed by atoms with E-state index in [2.05, 4.69) is 32.1 Å². The second kappa shape index (κ2) is 10.7. The highest BCUT2D eigenvalue weighted by Crippen LogP contribution is 2.28. The van der Waals surface area contributed by atoms with E-state index in [-0.39, 0.29) is 29.8 Å². The number of nitrogens with zero attached hydrogens (tertiary/aromatic N) is 2. The summed E-state index contributed by atoms with van der Waals surface area (Å²) in [5.41, 5.74) is 5.11. The van der Waals surface area contributed by atoms with E-state index >= 15 is 0 Å². The number of fused-ring (bicyclic) bond motifs is 1. The van der Waals surface area contributed by atoms with Crippen LogP contribution in [0.4, 0.5) is 9.18 Å². The molecule has 1 aromatic carbocycles. The standard InChI is InChI=1S/C27H36FN5O/c28-23-10-7-19(8-11-23)14-20-4-3-13-33(17-20)18-22-5-1-2-6-25(22)31-27(34)30-24-12-9-21-16-29-32-26(21)15-24/h7-12,15-16,20-22,25-26,32H,1-6,13-14,17-18H2,(H2,30,31,34)/t20-,21?,22-,25+,26?/m0/s1. The molecule has 1 saturated carbocycles. The zero-order valence-electron chi connectivity index (χ0n) is 19.8. The molecule has 2 unspecified atom stereocenters. The fourth-order valence-corrected chi connectivity index (χ4v) is 5.98. The van der Waals surface area contributed by atoms with E-state index in [4.69, 9.17) is 0 Å². The van der Waals surface area contributed by atoms with Crippen molar-refractivity contribution in [2.45, 2.75) is 57.0 Å². The van der Waals surface area contributed by atoms with Crippen molar-refractivity contribution in [2.24, 2.45) is 22.9 Å². The first-order valence-corrected chi connectivity index (χ1v) is 12.9. The van der Waals surface area contributed by atoms with Crippen molar-refractivity contribution in [2.75, 3.05) is 19.6 Å². The lowest BCUT2D eigenvalue weighted by molar-refractivity contribution is 0.122. The molecule has 5 rings (SSSR count). The smallest absolute Gasteiger partial charge is 0.319 e. The van der Waals surface area contributed by atoms with E-state index in [1.165, 1.54) is 31.2 Å². The van der Waals surface area contributed by atoms with E-state index in [1.54, 1.807) is 12.1 Å². The number of halogens is 1. The Kier molecular flexibility index (Phi) is 7.28. The van der Waals surface area contributed by atoms with Gasteiger partial charge in [0.1, 0.15) is 5.82 Å². The average Bonchev–Trinajstić information content (AvgIpc) is 3.30. The highest BCUT2D eigenvalue weighted by Gasteiger charge is 2.30. The molecule has 0 radical (unpaired) electrons. The molecule has 2 aliphatic heterocycles. The summed E-state index contributed by atoms with van der Waals surface area (Å²) in [5, 5.41) is 10.4. The van der Waals surface area contributed by atoms with Gasteiger partial charge in [0.05, 0.1) is 6.04 Å². The van der Waals surface area contributed by atoms with Gasteiger partial charge in [-0.3, -0.25) is 0 Å². The summed E-state index contributed by atoms with van der Waals surface area (Å²) in [6.07, 6.45) is 16.0. The lowest BCUT2D eigenvalue weighted by Crippen LogP contribution is -2.50. The van der Waals surface area contributed by atoms with Crippen LogP contribution in [0.25, 0.3) is 0 Å². The summed E-state index contributed by atoms with van der Waals surface area (Å²) in [7, 11) is 0. The quantitative estimate of drug-likeness (QED) is 0.596. The molecule has 6 nitrogen and oxygen atoms in total. The van der Waals surface area contributed by atoms with Crippen molar-refractivity contribution >= 4 is 12.2 Å². The third-order valence-corrected chi connectivity index (χ3v) is 7.76. The topological polar surface area (TPSA) is 68.8 Å². The molecule has 5 atom stereocenters. The van der Waals surface area contributed by atoms with Crippen LogP contribution >= 0.6 is 0 Å². The van der Waals surface area contributed by atoms with E-state index in [0.29, 0.717) is 11.8 Å². The number of carbonyl (C=O) groups excluding carboxylic acids is 1. The van der Waals surface area contributed by atoms with Gasteiger partial charge in [-0.05, 0) is 80.3 Å². The van der Waals surface area contributed by atoms with Gasteiger partial charge in [-0.15, -0.1) is 0 Å². The van der Waals surface area contributed by atoms with Crippen molar-refractivity contribution in [3.8, 4) is 0 Å². The summed E-state index contributed by atoms with van der Waals surface area (Å²) in [5.74, 6) is 1.19. The third kappa shape index (κ3) is 5.87. The van der Waals surface area contributed by atoms with Crippen LogP contribution in [0.5, 0.6) is 0 Å². The molecule has 7 heteroatoms. The summed E-state index contributed by atoms with van der Waals surface area (Å²) in [6.45, 7) is 3.26. The van der Waals surface area contributed by atoms with Crippen LogP contribution in [0.2, 0.25) is 0 Å². The first kappa shape index (κ1) is 23.1. The molecule has 2 fully saturated rings. The first-order chi connectivity index (χ1) is 16.6. The van der Waals surface area contributed by atoms with Crippen molar-refractivity contribution in [1.82, 2.24) is 21.0 Å². The van der Waals surface area contributed by atoms with Crippen molar-refractivity contribution in [1.29, 1.82) is 0 Å². The van der Waals surface area contributed by atoms with Gasteiger partial charge >= 0.3 is 6.03 Å². The number of hydrogen-bond donors (Lipinski definition) is 3. The summed E-state index contributed by atoms with van der Waals surface area (Å²) in [6, 6.07) is 7.19. The number of piperidine rings is 1. The van der Waals surface area contributed by atoms with E-state index < -0.39 is 0 Å². The normalized spacial score (nSPS) is 30.9. The van der Waals surface area contributed by atoms with Gasteiger partial charge < -0.3 is 21.0 Å². The minimum Gasteiger partial charge on any atom is -0.335 e. The van der Waals surface area contributed by atoms with Crippen LogP contribution in [-0.4, -0.2) is 48.9 Å². The fourth-order valence-electron chi connectivity index (χ4n) is 5.98. The highest BCUT2D eigenvalue weighted by molar-refractivity contribution is 5.77. The highest BCUT2D eigenvalue weighted by atomic mass is 19.1. The Morgan fingerprint density at radius 3 is 2.88 bits per heavy atom. The predicted molar refractivity (Wildman–Crippen MR) is 133 cm³/mol. The molecular formula is C27H36FN5O. The minimum absolute atomic E-state index is 0.113. The maximum absolute atomic E-state index is 13.2. The molecule has 2 aliphatic carbocycles. The molecule has 0 spiro atoms. The zero-order chi connectivity index (χ0) is 23.3. The number of nitrogens with one attached hydrogen (secondary N) is 3. The van der Waals surface area contributed by atoms with Gasteiger partial charge in [0, 0.05) is 37.0 Å². The summed E-state index contributed by atoms with van der Waals surface area (Å²) >= 11 is 0. The first-order valence-electron chi connectivity index (χ1n) is 12.9. The summed E-state index contributed by atoms with van der Waals surface area (Å²) in [4.78, 5) is 15.4. The second-order valence-corrected chi connectivity index (χ2v) is 10.3. The van der Waals surface area contributed by atoms with Crippen LogP contribution in [0.3, 0.4) is 0 Å². The average molecular weight is 466 g/mol. The van der Waals surface area contributed by atoms with Gasteiger partial charge in [-0.25, -0.2) is 9.18 Å². The molecule has 182 valence electrons. The van der Waals surface area contributed by atoms with Crippen LogP contribution in [0, 0.1) is 23.6 Å². The maximum atomic E-state index is 13.2. The number of benzene rings is 1. The maximum Gasteiger partial charge on any atom is 0.319 e. The number of likely N-dealkylation sites (tertiary alicyclic amines) is 1. The number of carbonyl (C=O) groups is 1. The molecule has 34 heavy (non-hydrogen) atoms. The number of urea groups is 1. The minimum atomic E-state index is -0.168. The van der Waals surface area contributed by atoms with Crippen molar-refractivity contribution < 1.29 is 9.18 Å². The van der Waals surface area contributed by atoms with Crippen LogP contribution in [0.1, 0.15) is 44.1 Å². The van der Waals surface area contributed by atoms with Gasteiger partial charge in [-0.2, -0.15) is 5.10 Å². The monoisotopic (exact) mass is 465 g/mol. The van der Waals surface area contributed by atoms with Gasteiger partial charge in [0.2, 0.25) is 0 Å². The Bertz CT molecular complexity index is 943. The fraction of sp³-hybridized carbons (Fsp3) is 0.556. The van der Waals surface area contributed by atoms with E-state index in [1.807, 2.05) is 30.5 Å². The molecule has 1 saturated heterocycles. The largest absolute Gasteiger partial charge is 0.335 e. The summed E-state index contributed by atoms with van der Waals surface area (Å²) < 4.78 is 13.2. The Labute approximate surface area is 201 Å². The SMILES string of the molecule is O=C(NC1=CC2NN=CC2C=C1)N[C@@H]1CCCC[C@H]1CN1CCC[C@@H](Cc2ccc(F)cc2)C1. The van der Waals surface area contributed by atoms with Gasteiger partial charge in [-0.1, -0.05) is 31.1 Å². The molecule has 0 aromatic heterocycles. The Balaban J connectivity index is 1.12. The zero-order valence-corrected chi connectivity index (χ0v) is 19.8. The molecule has 4 aliphatic rings. The van der Waals surface area contributed by atoms with E-state index in [0.717, 1.165) is 44.6 Å². The number of rotatable bonds is 6. The number of hydrogen-bond acceptors (Lipinski definition) is 4. The number of hydrazone groups is 1. The van der Waals surface area contributed by atoms with Crippen LogP contribution < -0.4 is 16.1 Å². The molecular weight excluding hydrogens is 429 g/mol. The lowest BCUT2D eigenvalue weighted by Gasteiger charge is -2.39. The molecule has 2 heterocycles. The molecule has 3 N–H and O–H groups in total. The van der Waals surface area contributed by atoms with Crippen molar-refractivity contribution in [3.63, 3.8) is 0 Å². The molecule has 1 aromatic rings. The predicted octanol–water partition coefficient (Wildman–Crippen LogP) is 3.97. The second-order valence-electron chi connectivity index (χ2n) is 10.3. The van der Waals surface area contributed by atoms with E-state index in [9.17, 15) is 9.18 Å². The van der Waals surface area contributed by atoms with Crippen LogP contribution in [-0.2, 0) is 6.42 Å². The van der Waals surface area contributed by atoms with Crippen LogP contribution in [0.15, 0.2) is 53.3 Å². The Morgan fingerprint density at radius 2 is 2.00 bits per heavy atom. The van der Waals surface area contributed by atoms with Gasteiger partial charge in [0.25, 0.3) is 0 Å². The lowest BCUT2D eigenvalue weighted by atomic mass is 9.83. The van der Waals surface area contributed by atoms with Gasteiger partial charge in [0.15, 0.2) is 0 Å². The van der Waals surface area contributed by atoms with Crippen molar-refractivity contribution in [3.05, 3.63) is 59.6 Å². The molecule has 2 amide bonds. The number of allylic oxidation sites excluding steroid dienone is 1.